The minimum Gasteiger partial charge on any atom is -0.484 e. The van der Waals surface area contributed by atoms with Gasteiger partial charge in [-0.25, -0.2) is 4.79 Å². The summed E-state index contributed by atoms with van der Waals surface area (Å²) in [6.45, 7) is 1.62. The quantitative estimate of drug-likeness (QED) is 0.307. The number of hydrogen-bond acceptors (Lipinski definition) is 5. The molecule has 1 aliphatic rings. The summed E-state index contributed by atoms with van der Waals surface area (Å²) in [6, 6.07) is 28.0. The molecule has 0 bridgehead atoms. The van der Waals surface area contributed by atoms with E-state index >= 15 is 0 Å². The van der Waals surface area contributed by atoms with Crippen LogP contribution in [-0.4, -0.2) is 25.1 Å². The van der Waals surface area contributed by atoms with Crippen molar-refractivity contribution < 1.29 is 23.8 Å². The van der Waals surface area contributed by atoms with Gasteiger partial charge in [0.2, 0.25) is 5.88 Å². The van der Waals surface area contributed by atoms with Gasteiger partial charge in [-0.3, -0.25) is 10.1 Å². The molecule has 7 heteroatoms. The van der Waals surface area contributed by atoms with Crippen molar-refractivity contribution in [2.45, 2.75) is 12.8 Å². The third kappa shape index (κ3) is 5.15. The van der Waals surface area contributed by atoms with E-state index in [-0.39, 0.29) is 24.7 Å². The lowest BCUT2D eigenvalue weighted by Crippen LogP contribution is -2.36. The zero-order chi connectivity index (χ0) is 25.8. The molecule has 5 rings (SSSR count). The Hall–Kier alpha value is -4.29. The van der Waals surface area contributed by atoms with Crippen LogP contribution in [-0.2, 0) is 14.3 Å². The second kappa shape index (κ2) is 10.8. The van der Waals surface area contributed by atoms with Gasteiger partial charge < -0.3 is 14.2 Å². The molecule has 4 aromatic rings. The van der Waals surface area contributed by atoms with Crippen molar-refractivity contribution in [1.82, 2.24) is 5.32 Å². The molecule has 1 atom stereocenters. The molecule has 37 heavy (non-hydrogen) atoms. The maximum Gasteiger partial charge on any atom is 0.340 e. The Morgan fingerprint density at radius 2 is 1.65 bits per heavy atom. The highest BCUT2D eigenvalue weighted by Crippen LogP contribution is 2.46. The Balaban J connectivity index is 1.57. The zero-order valence-corrected chi connectivity index (χ0v) is 20.8. The largest absolute Gasteiger partial charge is 0.484 e. The molecule has 4 aromatic carbocycles. The maximum atomic E-state index is 13.4. The van der Waals surface area contributed by atoms with Crippen LogP contribution < -0.4 is 14.8 Å². The Bertz CT molecular complexity index is 1480. The van der Waals surface area contributed by atoms with Crippen LogP contribution in [0.15, 0.2) is 102 Å². The summed E-state index contributed by atoms with van der Waals surface area (Å²) in [4.78, 5) is 26.3. The molecule has 1 amide bonds. The van der Waals surface area contributed by atoms with Crippen molar-refractivity contribution in [3.63, 3.8) is 0 Å². The topological polar surface area (TPSA) is 73.9 Å². The fraction of sp³-hybridized carbons (Fsp3) is 0.133. The summed E-state index contributed by atoms with van der Waals surface area (Å²) in [5.41, 5.74) is 1.93. The minimum atomic E-state index is -0.566. The monoisotopic (exact) mass is 513 g/mol. The van der Waals surface area contributed by atoms with E-state index in [4.69, 9.17) is 25.8 Å². The van der Waals surface area contributed by atoms with E-state index in [0.29, 0.717) is 16.5 Å². The molecule has 1 unspecified atom stereocenters. The maximum absolute atomic E-state index is 13.4. The molecule has 0 aliphatic carbocycles. The predicted octanol–water partition coefficient (Wildman–Crippen LogP) is 5.99. The van der Waals surface area contributed by atoms with Gasteiger partial charge in [-0.15, -0.1) is 0 Å². The molecular formula is C30H24ClNO5. The summed E-state index contributed by atoms with van der Waals surface area (Å²) in [5.74, 6) is -0.508. The molecule has 1 N–H and O–H groups in total. The van der Waals surface area contributed by atoms with Crippen LogP contribution >= 0.6 is 11.6 Å². The summed E-state index contributed by atoms with van der Waals surface area (Å²) in [6.07, 6.45) is 0. The van der Waals surface area contributed by atoms with Crippen molar-refractivity contribution in [1.29, 1.82) is 0 Å². The highest BCUT2D eigenvalue weighted by molar-refractivity contribution is 6.30. The second-order valence-corrected chi connectivity index (χ2v) is 8.83. The number of hydrogen-bond donors (Lipinski definition) is 1. The van der Waals surface area contributed by atoms with Crippen LogP contribution in [0, 0.1) is 0 Å². The second-order valence-electron chi connectivity index (χ2n) is 8.40. The van der Waals surface area contributed by atoms with Crippen molar-refractivity contribution in [2.24, 2.45) is 0 Å². The molecule has 0 radical (unpaired) electrons. The van der Waals surface area contributed by atoms with E-state index in [1.807, 2.05) is 66.7 Å². The van der Waals surface area contributed by atoms with Gasteiger partial charge in [-0.1, -0.05) is 72.3 Å². The Morgan fingerprint density at radius 3 is 2.41 bits per heavy atom. The Kier molecular flexibility index (Phi) is 7.10. The molecular weight excluding hydrogens is 490 g/mol. The number of rotatable bonds is 7. The number of benzene rings is 4. The average molecular weight is 514 g/mol. The smallest absolute Gasteiger partial charge is 0.340 e. The number of nitrogens with one attached hydrogen (secondary N) is 1. The average Bonchev–Trinajstić information content (AvgIpc) is 2.92. The van der Waals surface area contributed by atoms with Gasteiger partial charge in [0.15, 0.2) is 6.61 Å². The number of fused-ring (bicyclic) bond motifs is 3. The fourth-order valence-corrected chi connectivity index (χ4v) is 4.56. The molecule has 0 saturated carbocycles. The van der Waals surface area contributed by atoms with Crippen LogP contribution in [0.4, 0.5) is 0 Å². The lowest BCUT2D eigenvalue weighted by Gasteiger charge is -2.31. The van der Waals surface area contributed by atoms with Crippen LogP contribution in [0.2, 0.25) is 5.02 Å². The number of amides is 1. The summed E-state index contributed by atoms with van der Waals surface area (Å²) in [7, 11) is 0. The third-order valence-corrected chi connectivity index (χ3v) is 6.28. The normalized spacial score (nSPS) is 14.5. The van der Waals surface area contributed by atoms with Gasteiger partial charge in [0.05, 0.1) is 12.5 Å². The van der Waals surface area contributed by atoms with Crippen molar-refractivity contribution in [3.05, 3.63) is 119 Å². The van der Waals surface area contributed by atoms with Crippen molar-refractivity contribution in [3.8, 4) is 11.5 Å². The summed E-state index contributed by atoms with van der Waals surface area (Å²) in [5, 5.41) is 5.27. The van der Waals surface area contributed by atoms with E-state index in [1.54, 1.807) is 31.2 Å². The minimum absolute atomic E-state index is 0.0276. The van der Waals surface area contributed by atoms with Crippen molar-refractivity contribution >= 4 is 34.2 Å². The van der Waals surface area contributed by atoms with E-state index in [1.165, 1.54) is 0 Å². The molecule has 0 fully saturated rings. The summed E-state index contributed by atoms with van der Waals surface area (Å²) < 4.78 is 17.2. The van der Waals surface area contributed by atoms with Gasteiger partial charge >= 0.3 is 5.97 Å². The SMILES string of the molecule is CCOC(=O)C1=C(NC(=O)COc2ccc(Cl)cc2)Oc2ccc3ccccc3c2C1c1ccccc1. The molecule has 0 aromatic heterocycles. The predicted molar refractivity (Wildman–Crippen MR) is 142 cm³/mol. The van der Waals surface area contributed by atoms with E-state index in [0.717, 1.165) is 21.9 Å². The standard InChI is InChI=1S/C30H24ClNO5/c1-2-35-30(34)28-26(20-9-4-3-5-10-20)27-23-11-7-6-8-19(23)12-17-24(27)37-29(28)32-25(33)18-36-22-15-13-21(31)14-16-22/h3-17,26H,2,18H2,1H3,(H,32,33). The Morgan fingerprint density at radius 1 is 0.919 bits per heavy atom. The van der Waals surface area contributed by atoms with E-state index in [9.17, 15) is 9.59 Å². The van der Waals surface area contributed by atoms with Gasteiger partial charge in [0, 0.05) is 10.6 Å². The van der Waals surface area contributed by atoms with Crippen molar-refractivity contribution in [2.75, 3.05) is 13.2 Å². The molecule has 1 aliphatic heterocycles. The number of ether oxygens (including phenoxy) is 3. The van der Waals surface area contributed by atoms with Gasteiger partial charge in [-0.2, -0.15) is 0 Å². The third-order valence-electron chi connectivity index (χ3n) is 6.03. The Labute approximate surface area is 219 Å². The first kappa shape index (κ1) is 24.4. The molecule has 0 spiro atoms. The van der Waals surface area contributed by atoms with Crippen LogP contribution in [0.3, 0.4) is 0 Å². The number of carbonyl (C=O) groups is 2. The molecule has 1 heterocycles. The van der Waals surface area contributed by atoms with E-state index < -0.39 is 17.8 Å². The van der Waals surface area contributed by atoms with Gasteiger partial charge in [0.25, 0.3) is 5.91 Å². The zero-order valence-electron chi connectivity index (χ0n) is 20.1. The van der Waals surface area contributed by atoms with Gasteiger partial charge in [-0.05, 0) is 53.6 Å². The van der Waals surface area contributed by atoms with Crippen LogP contribution in [0.5, 0.6) is 11.5 Å². The first-order chi connectivity index (χ1) is 18.0. The number of esters is 1. The molecule has 0 saturated heterocycles. The first-order valence-electron chi connectivity index (χ1n) is 11.9. The van der Waals surface area contributed by atoms with Crippen LogP contribution in [0.25, 0.3) is 10.8 Å². The molecule has 186 valence electrons. The van der Waals surface area contributed by atoms with Gasteiger partial charge in [0.1, 0.15) is 17.1 Å². The van der Waals surface area contributed by atoms with E-state index in [2.05, 4.69) is 5.32 Å². The molecule has 6 nitrogen and oxygen atoms in total. The lowest BCUT2D eigenvalue weighted by atomic mass is 9.80. The highest BCUT2D eigenvalue weighted by atomic mass is 35.5. The number of carbonyl (C=O) groups excluding carboxylic acids is 2. The highest BCUT2D eigenvalue weighted by Gasteiger charge is 2.38. The van der Waals surface area contributed by atoms with Crippen LogP contribution in [0.1, 0.15) is 24.0 Å². The first-order valence-corrected chi connectivity index (χ1v) is 12.3. The summed E-state index contributed by atoms with van der Waals surface area (Å²) >= 11 is 5.92. The fourth-order valence-electron chi connectivity index (χ4n) is 4.44. The lowest BCUT2D eigenvalue weighted by molar-refractivity contribution is -0.139. The number of halogens is 1.